The Morgan fingerprint density at radius 1 is 1.30 bits per heavy atom. The molecule has 0 radical (unpaired) electrons. The van der Waals surface area contributed by atoms with Crippen molar-refractivity contribution in [1.29, 1.82) is 10.5 Å². The Labute approximate surface area is 173 Å². The highest BCUT2D eigenvalue weighted by Crippen LogP contribution is 2.42. The van der Waals surface area contributed by atoms with Crippen molar-refractivity contribution in [3.8, 4) is 23.8 Å². The Bertz CT molecular complexity index is 1100. The lowest BCUT2D eigenvalue weighted by atomic mass is 9.95. The zero-order valence-corrected chi connectivity index (χ0v) is 16.3. The Balaban J connectivity index is 2.17. The average Bonchev–Trinajstić information content (AvgIpc) is 2.73. The van der Waals surface area contributed by atoms with Gasteiger partial charge in [0.15, 0.2) is 17.7 Å². The lowest BCUT2D eigenvalue weighted by molar-refractivity contribution is 0.296. The summed E-state index contributed by atoms with van der Waals surface area (Å²) in [5.74, 6) is 1.54. The molecule has 0 saturated heterocycles. The van der Waals surface area contributed by atoms with Gasteiger partial charge in [-0.1, -0.05) is 18.7 Å². The molecule has 152 valence electrons. The highest BCUT2D eigenvalue weighted by Gasteiger charge is 2.30. The second-order valence-electron chi connectivity index (χ2n) is 6.14. The number of hydrogen-bond donors (Lipinski definition) is 4. The Morgan fingerprint density at radius 2 is 2.10 bits per heavy atom. The van der Waals surface area contributed by atoms with Gasteiger partial charge in [0.1, 0.15) is 35.9 Å². The largest absolute Gasteiger partial charge is 0.490 e. The molecular formula is C20H20N8O2. The van der Waals surface area contributed by atoms with E-state index in [0.29, 0.717) is 41.7 Å². The molecule has 2 heterocycles. The number of nitrogen functional groups attached to an aromatic ring is 2. The van der Waals surface area contributed by atoms with E-state index in [-0.39, 0.29) is 23.0 Å². The molecule has 0 fully saturated rings. The maximum atomic E-state index is 9.42. The number of pyridine rings is 1. The van der Waals surface area contributed by atoms with Crippen molar-refractivity contribution in [1.82, 2.24) is 10.3 Å². The van der Waals surface area contributed by atoms with Crippen molar-refractivity contribution in [3.63, 3.8) is 0 Å². The first-order chi connectivity index (χ1) is 14.5. The molecule has 1 aliphatic heterocycles. The zero-order chi connectivity index (χ0) is 21.7. The van der Waals surface area contributed by atoms with Crippen molar-refractivity contribution in [2.45, 2.75) is 13.0 Å². The maximum Gasteiger partial charge on any atom is 0.211 e. The van der Waals surface area contributed by atoms with E-state index in [4.69, 9.17) is 26.2 Å². The van der Waals surface area contributed by atoms with Crippen molar-refractivity contribution >= 4 is 23.3 Å². The number of nitriles is 2. The number of rotatable bonds is 6. The fraction of sp³-hybridized carbons (Fsp3) is 0.200. The lowest BCUT2D eigenvalue weighted by Gasteiger charge is -2.26. The first-order valence-corrected chi connectivity index (χ1v) is 9.03. The molecule has 1 aromatic carbocycles. The van der Waals surface area contributed by atoms with Gasteiger partial charge in [-0.2, -0.15) is 10.5 Å². The number of guanidine groups is 1. The third-order valence-electron chi connectivity index (χ3n) is 4.30. The number of nitrogens with two attached hydrogens (primary N) is 2. The van der Waals surface area contributed by atoms with Crippen LogP contribution in [0.1, 0.15) is 29.7 Å². The van der Waals surface area contributed by atoms with Crippen LogP contribution in [-0.2, 0) is 0 Å². The summed E-state index contributed by atoms with van der Waals surface area (Å²) >= 11 is 0. The van der Waals surface area contributed by atoms with E-state index < -0.39 is 6.04 Å². The zero-order valence-electron chi connectivity index (χ0n) is 16.3. The maximum absolute atomic E-state index is 9.42. The third kappa shape index (κ3) is 3.75. The van der Waals surface area contributed by atoms with Gasteiger partial charge in [0.05, 0.1) is 12.3 Å². The van der Waals surface area contributed by atoms with Crippen molar-refractivity contribution in [2.75, 3.05) is 30.0 Å². The lowest BCUT2D eigenvalue weighted by Crippen LogP contribution is -2.32. The summed E-state index contributed by atoms with van der Waals surface area (Å²) in [6.45, 7) is 6.26. The van der Waals surface area contributed by atoms with E-state index in [1.54, 1.807) is 24.3 Å². The highest BCUT2D eigenvalue weighted by atomic mass is 16.5. The van der Waals surface area contributed by atoms with Gasteiger partial charge in [-0.3, -0.25) is 5.32 Å². The number of nitrogens with one attached hydrogen (secondary N) is 2. The molecule has 0 aliphatic carbocycles. The second-order valence-corrected chi connectivity index (χ2v) is 6.14. The SMILES string of the molecule is C=CCOc1ccc(C2N=C(NC#N)Nc3nc(N)c(C#N)c(N)c32)cc1OCC. The molecule has 10 nitrogen and oxygen atoms in total. The molecule has 30 heavy (non-hydrogen) atoms. The Morgan fingerprint density at radius 3 is 2.77 bits per heavy atom. The number of benzene rings is 1. The van der Waals surface area contributed by atoms with Crippen LogP contribution in [0.4, 0.5) is 17.3 Å². The molecule has 1 atom stereocenters. The quantitative estimate of drug-likeness (QED) is 0.320. The van der Waals surface area contributed by atoms with E-state index >= 15 is 0 Å². The first-order valence-electron chi connectivity index (χ1n) is 9.03. The summed E-state index contributed by atoms with van der Waals surface area (Å²) in [5.41, 5.74) is 13.5. The van der Waals surface area contributed by atoms with Gasteiger partial charge < -0.3 is 26.3 Å². The van der Waals surface area contributed by atoms with E-state index in [1.165, 1.54) is 0 Å². The fourth-order valence-corrected chi connectivity index (χ4v) is 3.05. The molecule has 2 aromatic rings. The fourth-order valence-electron chi connectivity index (χ4n) is 3.05. The predicted molar refractivity (Wildman–Crippen MR) is 113 cm³/mol. The number of aromatic nitrogens is 1. The molecule has 1 unspecified atom stereocenters. The van der Waals surface area contributed by atoms with Crippen LogP contribution in [0.5, 0.6) is 11.5 Å². The Kier molecular flexibility index (Phi) is 5.89. The summed E-state index contributed by atoms with van der Waals surface area (Å²) in [4.78, 5) is 8.77. The molecule has 6 N–H and O–H groups in total. The topological polar surface area (TPSA) is 167 Å². The smallest absolute Gasteiger partial charge is 0.211 e. The molecule has 0 saturated carbocycles. The van der Waals surface area contributed by atoms with Gasteiger partial charge in [-0.15, -0.1) is 0 Å². The molecule has 3 rings (SSSR count). The van der Waals surface area contributed by atoms with Crippen LogP contribution in [0.2, 0.25) is 0 Å². The monoisotopic (exact) mass is 404 g/mol. The molecule has 0 amide bonds. The van der Waals surface area contributed by atoms with Crippen molar-refractivity contribution < 1.29 is 9.47 Å². The minimum Gasteiger partial charge on any atom is -0.490 e. The standard InChI is InChI=1S/C20H20N8O2/c1-3-7-30-13-6-5-11(8-14(13)29-4-2)17-15-16(23)12(9-21)18(24)27-19(15)28-20(26-17)25-10-22/h3,5-6,8,17H,1,4,7H2,2H3,(H6,23,24,25,26,27,28). The van der Waals surface area contributed by atoms with Gasteiger partial charge in [-0.05, 0) is 24.6 Å². The van der Waals surface area contributed by atoms with Crippen LogP contribution in [0.3, 0.4) is 0 Å². The van der Waals surface area contributed by atoms with Gasteiger partial charge in [0.25, 0.3) is 0 Å². The van der Waals surface area contributed by atoms with Gasteiger partial charge in [0.2, 0.25) is 5.96 Å². The van der Waals surface area contributed by atoms with Gasteiger partial charge in [-0.25, -0.2) is 9.98 Å². The van der Waals surface area contributed by atoms with E-state index in [9.17, 15) is 5.26 Å². The van der Waals surface area contributed by atoms with Gasteiger partial charge >= 0.3 is 0 Å². The predicted octanol–water partition coefficient (Wildman–Crippen LogP) is 2.02. The number of ether oxygens (including phenoxy) is 2. The Hall–Kier alpha value is -4.44. The molecule has 0 bridgehead atoms. The second kappa shape index (κ2) is 8.71. The van der Waals surface area contributed by atoms with Crippen LogP contribution in [-0.4, -0.2) is 24.2 Å². The summed E-state index contributed by atoms with van der Waals surface area (Å²) < 4.78 is 11.4. The van der Waals surface area contributed by atoms with Crippen molar-refractivity contribution in [3.05, 3.63) is 47.5 Å². The number of fused-ring (bicyclic) bond motifs is 1. The average molecular weight is 404 g/mol. The summed E-state index contributed by atoms with van der Waals surface area (Å²) in [7, 11) is 0. The van der Waals surface area contributed by atoms with E-state index in [1.807, 2.05) is 19.2 Å². The minimum atomic E-state index is -0.662. The molecular weight excluding hydrogens is 384 g/mol. The number of anilines is 3. The van der Waals surface area contributed by atoms with Crippen LogP contribution in [0.25, 0.3) is 0 Å². The molecule has 10 heteroatoms. The minimum absolute atomic E-state index is 0.0126. The normalized spacial score (nSPS) is 14.2. The summed E-state index contributed by atoms with van der Waals surface area (Å²) in [5, 5.41) is 23.8. The van der Waals surface area contributed by atoms with Crippen LogP contribution in [0, 0.1) is 22.8 Å². The molecule has 1 aliphatic rings. The summed E-state index contributed by atoms with van der Waals surface area (Å²) in [6.07, 6.45) is 3.45. The highest BCUT2D eigenvalue weighted by molar-refractivity contribution is 5.98. The van der Waals surface area contributed by atoms with Crippen LogP contribution < -0.4 is 31.6 Å². The van der Waals surface area contributed by atoms with E-state index in [0.717, 1.165) is 0 Å². The molecule has 1 aromatic heterocycles. The number of nitrogens with zero attached hydrogens (tertiary/aromatic N) is 4. The first kappa shape index (κ1) is 20.3. The van der Waals surface area contributed by atoms with Crippen molar-refractivity contribution in [2.24, 2.45) is 4.99 Å². The number of aliphatic imine (C=N–C) groups is 1. The molecule has 0 spiro atoms. The summed E-state index contributed by atoms with van der Waals surface area (Å²) in [6, 6.07) is 6.64. The van der Waals surface area contributed by atoms with E-state index in [2.05, 4.69) is 27.2 Å². The number of hydrogen-bond acceptors (Lipinski definition) is 10. The van der Waals surface area contributed by atoms with Crippen LogP contribution in [0.15, 0.2) is 35.8 Å². The third-order valence-corrected chi connectivity index (χ3v) is 4.30. The van der Waals surface area contributed by atoms with Gasteiger partial charge in [0, 0.05) is 5.56 Å². The van der Waals surface area contributed by atoms with Crippen LogP contribution >= 0.6 is 0 Å².